The predicted octanol–water partition coefficient (Wildman–Crippen LogP) is 1.80. The first-order valence-electron chi connectivity index (χ1n) is 6.61. The molecule has 0 saturated heterocycles. The van der Waals surface area contributed by atoms with Crippen molar-refractivity contribution in [3.8, 4) is 0 Å². The van der Waals surface area contributed by atoms with Crippen LogP contribution in [0.25, 0.3) is 0 Å². The van der Waals surface area contributed by atoms with Crippen molar-refractivity contribution in [2.75, 3.05) is 5.75 Å². The van der Waals surface area contributed by atoms with E-state index < -0.39 is 10.0 Å². The maximum atomic E-state index is 12.0. The molecule has 0 radical (unpaired) electrons. The lowest BCUT2D eigenvalue weighted by molar-refractivity contribution is 0.330. The SMILES string of the molecule is CC(C)CS(=O)(=O)NC(C(N)=S)C1CCCCC1. The smallest absolute Gasteiger partial charge is 0.212 e. The molecule has 1 unspecified atom stereocenters. The van der Waals surface area contributed by atoms with Crippen LogP contribution in [0.3, 0.4) is 0 Å². The Hall–Kier alpha value is -0.200. The summed E-state index contributed by atoms with van der Waals surface area (Å²) in [5.74, 6) is 0.484. The minimum Gasteiger partial charge on any atom is -0.392 e. The molecule has 106 valence electrons. The van der Waals surface area contributed by atoms with Crippen LogP contribution in [-0.2, 0) is 10.0 Å². The molecule has 1 atom stereocenters. The van der Waals surface area contributed by atoms with Crippen molar-refractivity contribution < 1.29 is 8.42 Å². The molecular weight excluding hydrogens is 268 g/mol. The highest BCUT2D eigenvalue weighted by molar-refractivity contribution is 7.89. The molecule has 1 fully saturated rings. The van der Waals surface area contributed by atoms with Gasteiger partial charge in [0.25, 0.3) is 0 Å². The fraction of sp³-hybridized carbons (Fsp3) is 0.917. The zero-order chi connectivity index (χ0) is 13.8. The van der Waals surface area contributed by atoms with Crippen molar-refractivity contribution in [2.24, 2.45) is 17.6 Å². The molecule has 1 saturated carbocycles. The topological polar surface area (TPSA) is 72.2 Å². The number of nitrogens with one attached hydrogen (secondary N) is 1. The van der Waals surface area contributed by atoms with Gasteiger partial charge in [-0.1, -0.05) is 45.3 Å². The van der Waals surface area contributed by atoms with E-state index in [0.717, 1.165) is 25.7 Å². The fourth-order valence-electron chi connectivity index (χ4n) is 2.53. The third-order valence-electron chi connectivity index (χ3n) is 3.29. The average Bonchev–Trinajstić information content (AvgIpc) is 2.25. The highest BCUT2D eigenvalue weighted by atomic mass is 32.2. The summed E-state index contributed by atoms with van der Waals surface area (Å²) in [4.78, 5) is 0.272. The first kappa shape index (κ1) is 15.9. The molecule has 0 heterocycles. The van der Waals surface area contributed by atoms with Crippen LogP contribution in [-0.4, -0.2) is 25.2 Å². The standard InChI is InChI=1S/C12H24N2O2S2/c1-9(2)8-18(15,16)14-11(12(13)17)10-6-4-3-5-7-10/h9-11,14H,3-8H2,1-2H3,(H2,13,17). The summed E-state index contributed by atoms with van der Waals surface area (Å²) in [5.41, 5.74) is 5.71. The van der Waals surface area contributed by atoms with Crippen LogP contribution < -0.4 is 10.5 Å². The Balaban J connectivity index is 2.71. The van der Waals surface area contributed by atoms with Crippen molar-refractivity contribution in [1.29, 1.82) is 0 Å². The third-order valence-corrected chi connectivity index (χ3v) is 5.26. The van der Waals surface area contributed by atoms with Gasteiger partial charge in [0, 0.05) is 0 Å². The summed E-state index contributed by atoms with van der Waals surface area (Å²) in [6.45, 7) is 3.77. The highest BCUT2D eigenvalue weighted by Gasteiger charge is 2.29. The molecule has 0 spiro atoms. The van der Waals surface area contributed by atoms with E-state index in [0.29, 0.717) is 0 Å². The monoisotopic (exact) mass is 292 g/mol. The average molecular weight is 292 g/mol. The van der Waals surface area contributed by atoms with Crippen LogP contribution >= 0.6 is 12.2 Å². The number of hydrogen-bond donors (Lipinski definition) is 2. The van der Waals surface area contributed by atoms with E-state index in [1.807, 2.05) is 13.8 Å². The first-order valence-corrected chi connectivity index (χ1v) is 8.67. The zero-order valence-corrected chi connectivity index (χ0v) is 12.8. The molecule has 6 heteroatoms. The van der Waals surface area contributed by atoms with Gasteiger partial charge in [0.05, 0.1) is 16.8 Å². The predicted molar refractivity (Wildman–Crippen MR) is 78.9 cm³/mol. The molecule has 0 bridgehead atoms. The van der Waals surface area contributed by atoms with Gasteiger partial charge in [-0.25, -0.2) is 13.1 Å². The van der Waals surface area contributed by atoms with Crippen molar-refractivity contribution >= 4 is 27.2 Å². The van der Waals surface area contributed by atoms with Crippen molar-refractivity contribution in [2.45, 2.75) is 52.0 Å². The molecule has 0 aromatic heterocycles. The van der Waals surface area contributed by atoms with E-state index in [1.165, 1.54) is 6.42 Å². The van der Waals surface area contributed by atoms with Crippen molar-refractivity contribution in [3.63, 3.8) is 0 Å². The maximum absolute atomic E-state index is 12.0. The van der Waals surface area contributed by atoms with Gasteiger partial charge in [-0.05, 0) is 24.7 Å². The van der Waals surface area contributed by atoms with Gasteiger partial charge >= 0.3 is 0 Å². The minimum absolute atomic E-state index is 0.0980. The van der Waals surface area contributed by atoms with Gasteiger partial charge in [0.1, 0.15) is 0 Å². The Morgan fingerprint density at radius 3 is 2.33 bits per heavy atom. The summed E-state index contributed by atoms with van der Waals surface area (Å²) < 4.78 is 26.6. The highest BCUT2D eigenvalue weighted by Crippen LogP contribution is 2.27. The number of rotatable bonds is 6. The molecule has 0 aromatic carbocycles. The summed E-state index contributed by atoms with van der Waals surface area (Å²) in [5, 5.41) is 0. The molecule has 0 aromatic rings. The lowest BCUT2D eigenvalue weighted by Crippen LogP contribution is -2.49. The van der Waals surface area contributed by atoms with Gasteiger partial charge in [-0.3, -0.25) is 0 Å². The van der Waals surface area contributed by atoms with E-state index in [2.05, 4.69) is 4.72 Å². The molecule has 0 amide bonds. The second-order valence-electron chi connectivity index (χ2n) is 5.57. The fourth-order valence-corrected chi connectivity index (χ4v) is 4.54. The van der Waals surface area contributed by atoms with E-state index >= 15 is 0 Å². The summed E-state index contributed by atoms with van der Waals surface area (Å²) in [6, 6.07) is -0.371. The molecule has 1 aliphatic carbocycles. The summed E-state index contributed by atoms with van der Waals surface area (Å²) >= 11 is 5.03. The molecule has 4 nitrogen and oxygen atoms in total. The Labute approximate surface area is 116 Å². The minimum atomic E-state index is -3.29. The van der Waals surface area contributed by atoms with Gasteiger partial charge in [-0.15, -0.1) is 0 Å². The Morgan fingerprint density at radius 1 is 1.33 bits per heavy atom. The first-order chi connectivity index (χ1) is 8.32. The maximum Gasteiger partial charge on any atom is 0.212 e. The number of thiocarbonyl (C=S) groups is 1. The Kier molecular flexibility index (Phi) is 6.01. The molecule has 0 aliphatic heterocycles. The number of nitrogens with two attached hydrogens (primary N) is 1. The molecule has 3 N–H and O–H groups in total. The van der Waals surface area contributed by atoms with Crippen LogP contribution in [0.2, 0.25) is 0 Å². The van der Waals surface area contributed by atoms with E-state index in [-0.39, 0.29) is 28.6 Å². The van der Waals surface area contributed by atoms with E-state index in [4.69, 9.17) is 18.0 Å². The third kappa shape index (κ3) is 5.20. The molecule has 18 heavy (non-hydrogen) atoms. The second-order valence-corrected chi connectivity index (χ2v) is 7.84. The summed E-state index contributed by atoms with van der Waals surface area (Å²) in [7, 11) is -3.29. The van der Waals surface area contributed by atoms with Crippen LogP contribution in [0.15, 0.2) is 0 Å². The number of hydrogen-bond acceptors (Lipinski definition) is 3. The Bertz CT molecular complexity index is 374. The van der Waals surface area contributed by atoms with Crippen LogP contribution in [0, 0.1) is 11.8 Å². The van der Waals surface area contributed by atoms with Crippen molar-refractivity contribution in [1.82, 2.24) is 4.72 Å². The lowest BCUT2D eigenvalue weighted by Gasteiger charge is -2.30. The van der Waals surface area contributed by atoms with Crippen molar-refractivity contribution in [3.05, 3.63) is 0 Å². The largest absolute Gasteiger partial charge is 0.392 e. The Morgan fingerprint density at radius 2 is 1.89 bits per heavy atom. The molecule has 1 aliphatic rings. The summed E-state index contributed by atoms with van der Waals surface area (Å²) in [6.07, 6.45) is 5.50. The van der Waals surface area contributed by atoms with E-state index in [9.17, 15) is 8.42 Å². The van der Waals surface area contributed by atoms with Gasteiger partial charge in [0.2, 0.25) is 10.0 Å². The normalized spacial score (nSPS) is 19.9. The zero-order valence-electron chi connectivity index (χ0n) is 11.2. The number of sulfonamides is 1. The lowest BCUT2D eigenvalue weighted by atomic mass is 9.84. The van der Waals surface area contributed by atoms with Crippen LogP contribution in [0.4, 0.5) is 0 Å². The molecular formula is C12H24N2O2S2. The van der Waals surface area contributed by atoms with Gasteiger partial charge < -0.3 is 5.73 Å². The van der Waals surface area contributed by atoms with Gasteiger partial charge in [-0.2, -0.15) is 0 Å². The van der Waals surface area contributed by atoms with Crippen LogP contribution in [0.1, 0.15) is 46.0 Å². The van der Waals surface area contributed by atoms with Gasteiger partial charge in [0.15, 0.2) is 0 Å². The van der Waals surface area contributed by atoms with E-state index in [1.54, 1.807) is 0 Å². The molecule has 1 rings (SSSR count). The quantitative estimate of drug-likeness (QED) is 0.732. The van der Waals surface area contributed by atoms with Crippen LogP contribution in [0.5, 0.6) is 0 Å². The second kappa shape index (κ2) is 6.82.